The zero-order valence-corrected chi connectivity index (χ0v) is 19.8. The molecule has 0 aromatic heterocycles. The molecule has 2 amide bonds. The molecule has 0 unspecified atom stereocenters. The lowest BCUT2D eigenvalue weighted by Crippen LogP contribution is -2.37. The maximum atomic E-state index is 13.5. The van der Waals surface area contributed by atoms with E-state index in [4.69, 9.17) is 14.2 Å². The molecule has 0 spiro atoms. The Labute approximate surface area is 195 Å². The molecule has 8 nitrogen and oxygen atoms in total. The molecule has 1 aliphatic heterocycles. The van der Waals surface area contributed by atoms with Gasteiger partial charge in [0.05, 0.1) is 13.2 Å². The van der Waals surface area contributed by atoms with Crippen molar-refractivity contribution in [2.75, 3.05) is 58.3 Å². The molecule has 0 aliphatic carbocycles. The number of ether oxygens (including phenoxy) is 3. The summed E-state index contributed by atoms with van der Waals surface area (Å²) in [4.78, 5) is 29.3. The smallest absolute Gasteiger partial charge is 0.254 e. The van der Waals surface area contributed by atoms with E-state index in [1.807, 2.05) is 42.1 Å². The largest absolute Gasteiger partial charge is 0.497 e. The van der Waals surface area contributed by atoms with Crippen LogP contribution in [0.15, 0.2) is 42.5 Å². The third kappa shape index (κ3) is 6.69. The van der Waals surface area contributed by atoms with Gasteiger partial charge in [-0.1, -0.05) is 0 Å². The van der Waals surface area contributed by atoms with E-state index in [0.717, 1.165) is 30.7 Å². The Bertz CT molecular complexity index is 940. The number of rotatable bonds is 10. The van der Waals surface area contributed by atoms with E-state index in [9.17, 15) is 9.59 Å². The van der Waals surface area contributed by atoms with Gasteiger partial charge in [-0.3, -0.25) is 9.59 Å². The van der Waals surface area contributed by atoms with Crippen LogP contribution in [0.5, 0.6) is 5.75 Å². The summed E-state index contributed by atoms with van der Waals surface area (Å²) in [7, 11) is 6.99. The normalized spacial score (nSPS) is 15.2. The first-order chi connectivity index (χ1) is 15.9. The van der Waals surface area contributed by atoms with Gasteiger partial charge in [-0.05, 0) is 60.9 Å². The molecule has 8 heteroatoms. The van der Waals surface area contributed by atoms with Crippen LogP contribution in [0.25, 0.3) is 0 Å². The van der Waals surface area contributed by atoms with Crippen molar-refractivity contribution < 1.29 is 23.8 Å². The van der Waals surface area contributed by atoms with Gasteiger partial charge in [0.25, 0.3) is 5.91 Å². The first-order valence-electron chi connectivity index (χ1n) is 11.0. The fourth-order valence-electron chi connectivity index (χ4n) is 3.93. The van der Waals surface area contributed by atoms with Crippen molar-refractivity contribution in [3.8, 4) is 5.75 Å². The zero-order chi connectivity index (χ0) is 23.8. The minimum Gasteiger partial charge on any atom is -0.497 e. The number of carbonyl (C=O) groups excluding carboxylic acids is 2. The van der Waals surface area contributed by atoms with E-state index in [1.54, 1.807) is 31.4 Å². The molecule has 3 rings (SSSR count). The summed E-state index contributed by atoms with van der Waals surface area (Å²) < 4.78 is 16.0. The van der Waals surface area contributed by atoms with Crippen molar-refractivity contribution in [1.29, 1.82) is 0 Å². The van der Waals surface area contributed by atoms with Gasteiger partial charge >= 0.3 is 0 Å². The van der Waals surface area contributed by atoms with Crippen LogP contribution in [-0.2, 0) is 20.8 Å². The van der Waals surface area contributed by atoms with Crippen molar-refractivity contribution in [3.63, 3.8) is 0 Å². The van der Waals surface area contributed by atoms with E-state index in [-0.39, 0.29) is 24.5 Å². The maximum absolute atomic E-state index is 13.5. The monoisotopic (exact) mass is 455 g/mol. The highest BCUT2D eigenvalue weighted by molar-refractivity contribution is 5.94. The third-order valence-electron chi connectivity index (χ3n) is 5.55. The SMILES string of the molecule is COCC(=O)Nc1ccc(N(C)C)c(CN(C[C@@H]2CCCO2)C(=O)c2ccc(OC)cc2)c1. The number of nitrogens with zero attached hydrogens (tertiary/aromatic N) is 2. The Morgan fingerprint density at radius 2 is 1.88 bits per heavy atom. The van der Waals surface area contributed by atoms with Crippen molar-refractivity contribution in [2.24, 2.45) is 0 Å². The average Bonchev–Trinajstić information content (AvgIpc) is 3.31. The van der Waals surface area contributed by atoms with Gasteiger partial charge in [0.15, 0.2) is 0 Å². The minimum absolute atomic E-state index is 0.0135. The molecule has 1 saturated heterocycles. The van der Waals surface area contributed by atoms with Crippen LogP contribution in [-0.4, -0.2) is 70.9 Å². The summed E-state index contributed by atoms with van der Waals surface area (Å²) in [5.74, 6) is 0.393. The van der Waals surface area contributed by atoms with E-state index in [0.29, 0.717) is 30.1 Å². The number of benzene rings is 2. The lowest BCUT2D eigenvalue weighted by atomic mass is 10.1. The molecule has 0 saturated carbocycles. The second-order valence-electron chi connectivity index (χ2n) is 8.27. The highest BCUT2D eigenvalue weighted by Crippen LogP contribution is 2.26. The predicted octanol–water partition coefficient (Wildman–Crippen LogP) is 3.17. The molecule has 2 aromatic rings. The summed E-state index contributed by atoms with van der Waals surface area (Å²) in [6.45, 7) is 1.58. The highest BCUT2D eigenvalue weighted by Gasteiger charge is 2.25. The summed E-state index contributed by atoms with van der Waals surface area (Å²) in [5.41, 5.74) is 3.14. The first-order valence-corrected chi connectivity index (χ1v) is 11.0. The molecule has 1 fully saturated rings. The lowest BCUT2D eigenvalue weighted by molar-refractivity contribution is -0.119. The van der Waals surface area contributed by atoms with Crippen molar-refractivity contribution in [3.05, 3.63) is 53.6 Å². The Morgan fingerprint density at radius 1 is 1.12 bits per heavy atom. The van der Waals surface area contributed by atoms with Crippen molar-refractivity contribution in [2.45, 2.75) is 25.5 Å². The number of hydrogen-bond acceptors (Lipinski definition) is 6. The predicted molar refractivity (Wildman–Crippen MR) is 128 cm³/mol. The number of nitrogens with one attached hydrogen (secondary N) is 1. The van der Waals surface area contributed by atoms with Crippen LogP contribution in [0, 0.1) is 0 Å². The van der Waals surface area contributed by atoms with E-state index < -0.39 is 0 Å². The van der Waals surface area contributed by atoms with Crippen LogP contribution < -0.4 is 15.0 Å². The van der Waals surface area contributed by atoms with E-state index in [2.05, 4.69) is 5.32 Å². The van der Waals surface area contributed by atoms with Gasteiger partial charge in [-0.15, -0.1) is 0 Å². The minimum atomic E-state index is -0.230. The van der Waals surface area contributed by atoms with Crippen LogP contribution in [0.3, 0.4) is 0 Å². The second kappa shape index (κ2) is 11.7. The summed E-state index contributed by atoms with van der Waals surface area (Å²) in [5, 5.41) is 2.84. The molecule has 1 heterocycles. The Morgan fingerprint density at radius 3 is 2.48 bits per heavy atom. The van der Waals surface area contributed by atoms with Gasteiger partial charge in [0, 0.05) is 57.8 Å². The van der Waals surface area contributed by atoms with E-state index >= 15 is 0 Å². The van der Waals surface area contributed by atoms with Gasteiger partial charge in [0.2, 0.25) is 5.91 Å². The highest BCUT2D eigenvalue weighted by atomic mass is 16.5. The van der Waals surface area contributed by atoms with Gasteiger partial charge < -0.3 is 29.3 Å². The van der Waals surface area contributed by atoms with E-state index in [1.165, 1.54) is 7.11 Å². The quantitative estimate of drug-likeness (QED) is 0.593. The van der Waals surface area contributed by atoms with Crippen molar-refractivity contribution in [1.82, 2.24) is 4.90 Å². The Kier molecular flexibility index (Phi) is 8.68. The number of anilines is 2. The summed E-state index contributed by atoms with van der Waals surface area (Å²) in [6, 6.07) is 12.8. The molecule has 0 bridgehead atoms. The van der Waals surface area contributed by atoms with Gasteiger partial charge in [0.1, 0.15) is 12.4 Å². The standard InChI is InChI=1S/C25H33N3O5/c1-27(2)23-12-9-20(26-24(29)17-31-3)14-19(23)15-28(16-22-6-5-13-33-22)25(30)18-7-10-21(32-4)11-8-18/h7-12,14,22H,5-6,13,15-17H2,1-4H3,(H,26,29)/t22-/m0/s1. The van der Waals surface area contributed by atoms with Crippen molar-refractivity contribution >= 4 is 23.2 Å². The van der Waals surface area contributed by atoms with Crippen LogP contribution >= 0.6 is 0 Å². The third-order valence-corrected chi connectivity index (χ3v) is 5.55. The fourth-order valence-corrected chi connectivity index (χ4v) is 3.93. The summed E-state index contributed by atoms with van der Waals surface area (Å²) >= 11 is 0. The van der Waals surface area contributed by atoms with Crippen LogP contribution in [0.2, 0.25) is 0 Å². The topological polar surface area (TPSA) is 80.3 Å². The second-order valence-corrected chi connectivity index (χ2v) is 8.27. The molecule has 1 atom stereocenters. The molecule has 1 N–H and O–H groups in total. The molecule has 33 heavy (non-hydrogen) atoms. The molecular weight excluding hydrogens is 422 g/mol. The Balaban J connectivity index is 1.89. The van der Waals surface area contributed by atoms with Crippen LogP contribution in [0.1, 0.15) is 28.8 Å². The fraction of sp³-hybridized carbons (Fsp3) is 0.440. The molecule has 1 aliphatic rings. The molecular formula is C25H33N3O5. The maximum Gasteiger partial charge on any atom is 0.254 e. The number of amides is 2. The Hall–Kier alpha value is -3.10. The van der Waals surface area contributed by atoms with Gasteiger partial charge in [-0.25, -0.2) is 0 Å². The number of hydrogen-bond donors (Lipinski definition) is 1. The number of methoxy groups -OCH3 is 2. The van der Waals surface area contributed by atoms with Crippen LogP contribution in [0.4, 0.5) is 11.4 Å². The molecule has 178 valence electrons. The lowest BCUT2D eigenvalue weighted by Gasteiger charge is -2.28. The van der Waals surface area contributed by atoms with Gasteiger partial charge in [-0.2, -0.15) is 0 Å². The molecule has 2 aromatic carbocycles. The molecule has 0 radical (unpaired) electrons. The summed E-state index contributed by atoms with van der Waals surface area (Å²) in [6.07, 6.45) is 1.94. The average molecular weight is 456 g/mol. The zero-order valence-electron chi connectivity index (χ0n) is 19.8. The first kappa shape index (κ1) is 24.5. The number of carbonyl (C=O) groups is 2.